The van der Waals surface area contributed by atoms with Gasteiger partial charge < -0.3 is 16.4 Å². The molecule has 1 aromatic carbocycles. The molecule has 1 amide bonds. The lowest BCUT2D eigenvalue weighted by Gasteiger charge is -2.20. The van der Waals surface area contributed by atoms with Crippen LogP contribution in [-0.4, -0.2) is 18.0 Å². The zero-order valence-electron chi connectivity index (χ0n) is 12.0. The molecule has 0 aliphatic carbocycles. The molecule has 4 N–H and O–H groups in total. The monoisotopic (exact) mass is 285 g/mol. The molecule has 0 saturated heterocycles. The lowest BCUT2D eigenvalue weighted by atomic mass is 10.1. The maximum atomic E-state index is 12.8. The minimum atomic E-state index is -2.61. The molecule has 0 bridgehead atoms. The number of amides is 1. The molecule has 0 radical (unpaired) electrons. The van der Waals surface area contributed by atoms with Gasteiger partial charge in [-0.25, -0.2) is 8.78 Å². The molecule has 0 unspecified atom stereocenters. The summed E-state index contributed by atoms with van der Waals surface area (Å²) in [7, 11) is 0. The molecule has 6 heteroatoms. The highest BCUT2D eigenvalue weighted by molar-refractivity contribution is 5.77. The fourth-order valence-corrected chi connectivity index (χ4v) is 1.71. The number of hydrogen-bond donors (Lipinski definition) is 3. The third-order valence-corrected chi connectivity index (χ3v) is 2.49. The summed E-state index contributed by atoms with van der Waals surface area (Å²) in [6.45, 7) is 5.93. The average Bonchev–Trinajstić information content (AvgIpc) is 2.28. The first-order valence-electron chi connectivity index (χ1n) is 6.41. The third kappa shape index (κ3) is 5.42. The molecule has 20 heavy (non-hydrogen) atoms. The van der Waals surface area contributed by atoms with E-state index < -0.39 is 6.43 Å². The topological polar surface area (TPSA) is 67.2 Å². The van der Waals surface area contributed by atoms with E-state index in [4.69, 9.17) is 5.73 Å². The standard InChI is InChI=1S/C14H21F2N3O/c1-14(2,3)19-12(20)6-7-18-11-5-4-9(17)8-10(11)13(15)16/h4-5,8,13,18H,6-7,17H2,1-3H3,(H,19,20). The molecular weight excluding hydrogens is 264 g/mol. The van der Waals surface area contributed by atoms with Gasteiger partial charge >= 0.3 is 0 Å². The largest absolute Gasteiger partial charge is 0.399 e. The summed E-state index contributed by atoms with van der Waals surface area (Å²) in [6, 6.07) is 4.28. The minimum Gasteiger partial charge on any atom is -0.399 e. The second-order valence-electron chi connectivity index (χ2n) is 5.62. The van der Waals surface area contributed by atoms with Gasteiger partial charge in [0.2, 0.25) is 5.91 Å². The maximum Gasteiger partial charge on any atom is 0.265 e. The van der Waals surface area contributed by atoms with Gasteiger partial charge in [0.1, 0.15) is 0 Å². The predicted octanol–water partition coefficient (Wildman–Crippen LogP) is 2.92. The lowest BCUT2D eigenvalue weighted by molar-refractivity contribution is -0.122. The van der Waals surface area contributed by atoms with E-state index in [1.54, 1.807) is 6.07 Å². The summed E-state index contributed by atoms with van der Waals surface area (Å²) in [4.78, 5) is 11.6. The van der Waals surface area contributed by atoms with Crippen molar-refractivity contribution in [2.45, 2.75) is 39.2 Å². The molecule has 0 aromatic heterocycles. The Bertz CT molecular complexity index is 470. The Hall–Kier alpha value is -1.85. The highest BCUT2D eigenvalue weighted by atomic mass is 19.3. The van der Waals surface area contributed by atoms with Crippen LogP contribution < -0.4 is 16.4 Å². The van der Waals surface area contributed by atoms with Crippen LogP contribution in [0.2, 0.25) is 0 Å². The Balaban J connectivity index is 2.56. The van der Waals surface area contributed by atoms with E-state index in [9.17, 15) is 13.6 Å². The van der Waals surface area contributed by atoms with Crippen LogP contribution in [0.25, 0.3) is 0 Å². The van der Waals surface area contributed by atoms with E-state index in [0.717, 1.165) is 0 Å². The first-order chi connectivity index (χ1) is 9.19. The second kappa shape index (κ2) is 6.54. The summed E-state index contributed by atoms with van der Waals surface area (Å²) >= 11 is 0. The number of rotatable bonds is 5. The number of carbonyl (C=O) groups excluding carboxylic acids is 1. The third-order valence-electron chi connectivity index (χ3n) is 2.49. The van der Waals surface area contributed by atoms with Crippen molar-refractivity contribution < 1.29 is 13.6 Å². The highest BCUT2D eigenvalue weighted by Gasteiger charge is 2.15. The lowest BCUT2D eigenvalue weighted by Crippen LogP contribution is -2.41. The zero-order chi connectivity index (χ0) is 15.3. The van der Waals surface area contributed by atoms with E-state index >= 15 is 0 Å². The van der Waals surface area contributed by atoms with E-state index in [0.29, 0.717) is 5.69 Å². The number of alkyl halides is 2. The molecular formula is C14H21F2N3O. The molecule has 0 fully saturated rings. The molecule has 0 saturated carbocycles. The average molecular weight is 285 g/mol. The molecule has 4 nitrogen and oxygen atoms in total. The normalized spacial score (nSPS) is 11.5. The Morgan fingerprint density at radius 2 is 2.00 bits per heavy atom. The number of nitrogens with two attached hydrogens (primary N) is 1. The van der Waals surface area contributed by atoms with Crippen molar-refractivity contribution in [3.63, 3.8) is 0 Å². The second-order valence-corrected chi connectivity index (χ2v) is 5.62. The summed E-state index contributed by atoms with van der Waals surface area (Å²) in [5.41, 5.74) is 5.63. The molecule has 112 valence electrons. The van der Waals surface area contributed by atoms with Crippen molar-refractivity contribution in [1.29, 1.82) is 0 Å². The van der Waals surface area contributed by atoms with Gasteiger partial charge in [-0.3, -0.25) is 4.79 Å². The van der Waals surface area contributed by atoms with E-state index in [1.807, 2.05) is 20.8 Å². The number of carbonyl (C=O) groups is 1. The van der Waals surface area contributed by atoms with Gasteiger partial charge in [-0.15, -0.1) is 0 Å². The fraction of sp³-hybridized carbons (Fsp3) is 0.500. The van der Waals surface area contributed by atoms with Crippen molar-refractivity contribution in [1.82, 2.24) is 5.32 Å². The van der Waals surface area contributed by atoms with Crippen LogP contribution in [0, 0.1) is 0 Å². The number of nitrogen functional groups attached to an aromatic ring is 1. The number of halogens is 2. The van der Waals surface area contributed by atoms with Crippen molar-refractivity contribution >= 4 is 17.3 Å². The molecule has 1 aromatic rings. The Morgan fingerprint density at radius 3 is 2.55 bits per heavy atom. The van der Waals surface area contributed by atoms with Gasteiger partial charge in [0.05, 0.1) is 0 Å². The van der Waals surface area contributed by atoms with Gasteiger partial charge in [-0.05, 0) is 39.0 Å². The van der Waals surface area contributed by atoms with Gasteiger partial charge in [0, 0.05) is 35.4 Å². The summed E-state index contributed by atoms with van der Waals surface area (Å²) in [5.74, 6) is -0.126. The van der Waals surface area contributed by atoms with Crippen LogP contribution in [-0.2, 0) is 4.79 Å². The summed E-state index contributed by atoms with van der Waals surface area (Å²) in [6.07, 6.45) is -2.39. The Kier molecular flexibility index (Phi) is 5.30. The predicted molar refractivity (Wildman–Crippen MR) is 76.8 cm³/mol. The SMILES string of the molecule is CC(C)(C)NC(=O)CCNc1ccc(N)cc1C(F)F. The van der Waals surface area contributed by atoms with Gasteiger partial charge in [0.15, 0.2) is 0 Å². The molecule has 0 heterocycles. The number of nitrogens with one attached hydrogen (secondary N) is 2. The maximum absolute atomic E-state index is 12.8. The van der Waals surface area contributed by atoms with Crippen LogP contribution >= 0.6 is 0 Å². The number of anilines is 2. The zero-order valence-corrected chi connectivity index (χ0v) is 12.0. The number of benzene rings is 1. The van der Waals surface area contributed by atoms with Crippen LogP contribution in [0.4, 0.5) is 20.2 Å². The van der Waals surface area contributed by atoms with Crippen molar-refractivity contribution in [2.24, 2.45) is 0 Å². The van der Waals surface area contributed by atoms with Gasteiger partial charge in [-0.2, -0.15) is 0 Å². The Morgan fingerprint density at radius 1 is 1.35 bits per heavy atom. The molecule has 0 aliphatic rings. The van der Waals surface area contributed by atoms with E-state index in [2.05, 4.69) is 10.6 Å². The molecule has 0 spiro atoms. The first-order valence-corrected chi connectivity index (χ1v) is 6.41. The van der Waals surface area contributed by atoms with Crippen molar-refractivity contribution in [3.05, 3.63) is 23.8 Å². The van der Waals surface area contributed by atoms with Crippen LogP contribution in [0.3, 0.4) is 0 Å². The minimum absolute atomic E-state index is 0.126. The first kappa shape index (κ1) is 16.2. The van der Waals surface area contributed by atoms with Crippen molar-refractivity contribution in [3.8, 4) is 0 Å². The quantitative estimate of drug-likeness (QED) is 0.729. The summed E-state index contributed by atoms with van der Waals surface area (Å²) < 4.78 is 25.7. The number of hydrogen-bond acceptors (Lipinski definition) is 3. The van der Waals surface area contributed by atoms with Gasteiger partial charge in [0.25, 0.3) is 6.43 Å². The molecule has 0 atom stereocenters. The highest BCUT2D eigenvalue weighted by Crippen LogP contribution is 2.28. The van der Waals surface area contributed by atoms with Crippen LogP contribution in [0.15, 0.2) is 18.2 Å². The van der Waals surface area contributed by atoms with Crippen molar-refractivity contribution in [2.75, 3.05) is 17.6 Å². The Labute approximate surface area is 117 Å². The molecule has 1 rings (SSSR count). The smallest absolute Gasteiger partial charge is 0.265 e. The van der Waals surface area contributed by atoms with Crippen LogP contribution in [0.1, 0.15) is 39.2 Å². The fourth-order valence-electron chi connectivity index (χ4n) is 1.71. The van der Waals surface area contributed by atoms with E-state index in [-0.39, 0.29) is 35.7 Å². The van der Waals surface area contributed by atoms with Crippen LogP contribution in [0.5, 0.6) is 0 Å². The summed E-state index contributed by atoms with van der Waals surface area (Å²) in [5, 5.41) is 5.65. The van der Waals surface area contributed by atoms with E-state index in [1.165, 1.54) is 12.1 Å². The molecule has 0 aliphatic heterocycles. The van der Waals surface area contributed by atoms with Gasteiger partial charge in [-0.1, -0.05) is 0 Å².